The minimum atomic E-state index is -0.408. The molecule has 1 heterocycles. The Labute approximate surface area is 92.0 Å². The summed E-state index contributed by atoms with van der Waals surface area (Å²) >= 11 is 0. The van der Waals surface area contributed by atoms with E-state index in [2.05, 4.69) is 19.2 Å². The van der Waals surface area contributed by atoms with E-state index in [1.165, 1.54) is 0 Å². The summed E-state index contributed by atoms with van der Waals surface area (Å²) in [4.78, 5) is 13.6. The van der Waals surface area contributed by atoms with Gasteiger partial charge in [-0.3, -0.25) is 0 Å². The molecule has 0 aromatic rings. The fourth-order valence-electron chi connectivity index (χ4n) is 1.80. The Bertz CT molecular complexity index is 225. The maximum atomic E-state index is 11.8. The van der Waals surface area contributed by atoms with Crippen molar-refractivity contribution in [3.05, 3.63) is 0 Å². The molecule has 0 aliphatic carbocycles. The van der Waals surface area contributed by atoms with E-state index in [4.69, 9.17) is 4.74 Å². The molecule has 4 nitrogen and oxygen atoms in total. The van der Waals surface area contributed by atoms with Crippen molar-refractivity contribution in [2.45, 2.75) is 52.3 Å². The van der Waals surface area contributed by atoms with Crippen molar-refractivity contribution in [2.75, 3.05) is 13.1 Å². The number of nitrogens with one attached hydrogen (secondary N) is 1. The number of nitrogens with zero attached hydrogens (tertiary/aromatic N) is 1. The molecule has 0 aromatic heterocycles. The van der Waals surface area contributed by atoms with Gasteiger partial charge in [-0.1, -0.05) is 0 Å². The number of amides is 1. The van der Waals surface area contributed by atoms with E-state index in [1.54, 1.807) is 4.90 Å². The normalized spacial score (nSPS) is 27.7. The maximum absolute atomic E-state index is 11.8. The van der Waals surface area contributed by atoms with Crippen molar-refractivity contribution in [2.24, 2.45) is 0 Å². The molecule has 0 radical (unpaired) electrons. The van der Waals surface area contributed by atoms with Crippen molar-refractivity contribution in [3.8, 4) is 0 Å². The van der Waals surface area contributed by atoms with Crippen molar-refractivity contribution < 1.29 is 9.53 Å². The van der Waals surface area contributed by atoms with Gasteiger partial charge in [0.05, 0.1) is 0 Å². The van der Waals surface area contributed by atoms with Crippen LogP contribution in [0.2, 0.25) is 0 Å². The SMILES string of the molecule is C[C@@H]1CN(C(=O)OC(C)(C)C)C[C@@H](C)N1. The van der Waals surface area contributed by atoms with Crippen LogP contribution in [0.25, 0.3) is 0 Å². The van der Waals surface area contributed by atoms with Gasteiger partial charge in [-0.25, -0.2) is 4.79 Å². The van der Waals surface area contributed by atoms with E-state index in [0.717, 1.165) is 13.1 Å². The van der Waals surface area contributed by atoms with Crippen molar-refractivity contribution in [1.82, 2.24) is 10.2 Å². The highest BCUT2D eigenvalue weighted by atomic mass is 16.6. The van der Waals surface area contributed by atoms with Crippen LogP contribution >= 0.6 is 0 Å². The molecule has 1 fully saturated rings. The highest BCUT2D eigenvalue weighted by Gasteiger charge is 2.28. The summed E-state index contributed by atoms with van der Waals surface area (Å²) in [6, 6.07) is 0.669. The molecule has 1 aliphatic rings. The van der Waals surface area contributed by atoms with Crippen LogP contribution in [0.4, 0.5) is 4.79 Å². The average molecular weight is 214 g/mol. The lowest BCUT2D eigenvalue weighted by Crippen LogP contribution is -2.56. The highest BCUT2D eigenvalue weighted by Crippen LogP contribution is 2.12. The van der Waals surface area contributed by atoms with Crippen LogP contribution < -0.4 is 5.32 Å². The number of piperazine rings is 1. The molecule has 1 aliphatic heterocycles. The van der Waals surface area contributed by atoms with Crippen LogP contribution in [0.1, 0.15) is 34.6 Å². The van der Waals surface area contributed by atoms with E-state index < -0.39 is 5.60 Å². The third-order valence-corrected chi connectivity index (χ3v) is 2.21. The van der Waals surface area contributed by atoms with Crippen molar-refractivity contribution >= 4 is 6.09 Å². The molecule has 88 valence electrons. The predicted octanol–water partition coefficient (Wildman–Crippen LogP) is 1.60. The first-order valence-corrected chi connectivity index (χ1v) is 5.52. The molecule has 0 spiro atoms. The van der Waals surface area contributed by atoms with Gasteiger partial charge in [-0.15, -0.1) is 0 Å². The van der Waals surface area contributed by atoms with E-state index in [-0.39, 0.29) is 6.09 Å². The summed E-state index contributed by atoms with van der Waals surface area (Å²) < 4.78 is 5.33. The van der Waals surface area contributed by atoms with Crippen LogP contribution in [0, 0.1) is 0 Å². The third kappa shape index (κ3) is 4.08. The highest BCUT2D eigenvalue weighted by molar-refractivity contribution is 5.68. The van der Waals surface area contributed by atoms with E-state index in [0.29, 0.717) is 12.1 Å². The standard InChI is InChI=1S/C11H22N2O2/c1-8-6-13(7-9(2)12-8)10(14)15-11(3,4)5/h8-9,12H,6-7H2,1-5H3/t8-,9-/m1/s1. The van der Waals surface area contributed by atoms with Gasteiger partial charge in [0.15, 0.2) is 0 Å². The summed E-state index contributed by atoms with van der Waals surface area (Å²) in [6.45, 7) is 11.3. The second-order valence-corrected chi connectivity index (χ2v) is 5.35. The molecule has 0 unspecified atom stereocenters. The topological polar surface area (TPSA) is 41.6 Å². The summed E-state index contributed by atoms with van der Waals surface area (Å²) in [7, 11) is 0. The minimum Gasteiger partial charge on any atom is -0.444 e. The fourth-order valence-corrected chi connectivity index (χ4v) is 1.80. The molecular weight excluding hydrogens is 192 g/mol. The molecule has 1 saturated heterocycles. The molecule has 4 heteroatoms. The molecule has 0 bridgehead atoms. The molecule has 1 N–H and O–H groups in total. The van der Waals surface area contributed by atoms with Crippen molar-refractivity contribution in [1.29, 1.82) is 0 Å². The lowest BCUT2D eigenvalue weighted by atomic mass is 10.1. The first-order chi connectivity index (χ1) is 6.78. The van der Waals surface area contributed by atoms with Crippen LogP contribution in [-0.2, 0) is 4.74 Å². The summed E-state index contributed by atoms with van der Waals surface area (Å²) in [5.41, 5.74) is -0.408. The number of hydrogen-bond donors (Lipinski definition) is 1. The number of carbonyl (C=O) groups excluding carboxylic acids is 1. The van der Waals surface area contributed by atoms with Gasteiger partial charge >= 0.3 is 6.09 Å². The van der Waals surface area contributed by atoms with Crippen LogP contribution in [-0.4, -0.2) is 41.8 Å². The molecule has 1 rings (SSSR count). The number of carbonyl (C=O) groups is 1. The Morgan fingerprint density at radius 3 is 2.13 bits per heavy atom. The van der Waals surface area contributed by atoms with Gasteiger partial charge in [-0.2, -0.15) is 0 Å². The van der Waals surface area contributed by atoms with Gasteiger partial charge in [-0.05, 0) is 34.6 Å². The van der Waals surface area contributed by atoms with E-state index in [1.807, 2.05) is 20.8 Å². The maximum Gasteiger partial charge on any atom is 0.410 e. The predicted molar refractivity (Wildman–Crippen MR) is 59.9 cm³/mol. The Kier molecular flexibility index (Phi) is 3.60. The number of ether oxygens (including phenoxy) is 1. The largest absolute Gasteiger partial charge is 0.444 e. The summed E-state index contributed by atoms with van der Waals surface area (Å²) in [5, 5.41) is 3.38. The second-order valence-electron chi connectivity index (χ2n) is 5.35. The smallest absolute Gasteiger partial charge is 0.410 e. The molecule has 15 heavy (non-hydrogen) atoms. The van der Waals surface area contributed by atoms with Crippen LogP contribution in [0.3, 0.4) is 0 Å². The fraction of sp³-hybridized carbons (Fsp3) is 0.909. The molecule has 2 atom stereocenters. The molecular formula is C11H22N2O2. The van der Waals surface area contributed by atoms with Crippen molar-refractivity contribution in [3.63, 3.8) is 0 Å². The lowest BCUT2D eigenvalue weighted by Gasteiger charge is -2.36. The minimum absolute atomic E-state index is 0.206. The summed E-state index contributed by atoms with van der Waals surface area (Å²) in [6.07, 6.45) is -0.206. The zero-order valence-electron chi connectivity index (χ0n) is 10.3. The zero-order valence-corrected chi connectivity index (χ0v) is 10.3. The van der Waals surface area contributed by atoms with E-state index >= 15 is 0 Å². The Morgan fingerprint density at radius 1 is 1.27 bits per heavy atom. The monoisotopic (exact) mass is 214 g/mol. The first kappa shape index (κ1) is 12.3. The molecule has 1 amide bonds. The van der Waals surface area contributed by atoms with Gasteiger partial charge in [0.25, 0.3) is 0 Å². The Balaban J connectivity index is 2.52. The van der Waals surface area contributed by atoms with E-state index in [9.17, 15) is 4.79 Å². The van der Waals surface area contributed by atoms with Gasteiger partial charge in [0.1, 0.15) is 5.60 Å². The number of rotatable bonds is 0. The Hall–Kier alpha value is -0.770. The molecule has 0 saturated carbocycles. The molecule has 0 aromatic carbocycles. The quantitative estimate of drug-likeness (QED) is 0.666. The number of hydrogen-bond acceptors (Lipinski definition) is 3. The van der Waals surface area contributed by atoms with Gasteiger partial charge in [0, 0.05) is 25.2 Å². The van der Waals surface area contributed by atoms with Crippen LogP contribution in [0.15, 0.2) is 0 Å². The summed E-state index contributed by atoms with van der Waals surface area (Å²) in [5.74, 6) is 0. The third-order valence-electron chi connectivity index (χ3n) is 2.21. The average Bonchev–Trinajstić information content (AvgIpc) is 1.98. The van der Waals surface area contributed by atoms with Crippen LogP contribution in [0.5, 0.6) is 0 Å². The second kappa shape index (κ2) is 4.39. The lowest BCUT2D eigenvalue weighted by molar-refractivity contribution is 0.0167. The van der Waals surface area contributed by atoms with Gasteiger partial charge in [0.2, 0.25) is 0 Å². The first-order valence-electron chi connectivity index (χ1n) is 5.52. The van der Waals surface area contributed by atoms with Gasteiger partial charge < -0.3 is 15.0 Å². The Morgan fingerprint density at radius 2 is 1.73 bits per heavy atom. The zero-order chi connectivity index (χ0) is 11.6.